The summed E-state index contributed by atoms with van der Waals surface area (Å²) >= 11 is 5.82. The molecule has 0 aliphatic rings. The molecule has 0 saturated carbocycles. The van der Waals surface area contributed by atoms with Crippen molar-refractivity contribution in [3.05, 3.63) is 29.3 Å². The Morgan fingerprint density at radius 1 is 1.37 bits per heavy atom. The summed E-state index contributed by atoms with van der Waals surface area (Å²) < 4.78 is 31.3. The zero-order chi connectivity index (χ0) is 14.5. The van der Waals surface area contributed by atoms with Gasteiger partial charge in [0.1, 0.15) is 0 Å². The maximum absolute atomic E-state index is 12.5. The van der Waals surface area contributed by atoms with Gasteiger partial charge >= 0.3 is 0 Å². The van der Waals surface area contributed by atoms with E-state index in [0.717, 1.165) is 11.1 Å². The fraction of sp³-hybridized carbons (Fsp3) is 0.538. The van der Waals surface area contributed by atoms with Gasteiger partial charge in [-0.05, 0) is 30.2 Å². The van der Waals surface area contributed by atoms with Crippen molar-refractivity contribution >= 4 is 21.6 Å². The maximum Gasteiger partial charge on any atom is 0.243 e. The Hall–Kier alpha value is -0.620. The number of alkyl halides is 1. The predicted octanol–water partition coefficient (Wildman–Crippen LogP) is 2.39. The Labute approximate surface area is 120 Å². The number of likely N-dealkylation sites (N-methyl/N-ethyl adjacent to an activating group) is 1. The third kappa shape index (κ3) is 3.92. The minimum Gasteiger partial charge on any atom is -0.383 e. The lowest BCUT2D eigenvalue weighted by atomic mass is 10.1. The van der Waals surface area contributed by atoms with Gasteiger partial charge in [-0.15, -0.1) is 11.6 Å². The molecule has 0 radical (unpaired) electrons. The fourth-order valence-electron chi connectivity index (χ4n) is 1.74. The van der Waals surface area contributed by atoms with E-state index in [0.29, 0.717) is 25.6 Å². The van der Waals surface area contributed by atoms with E-state index in [2.05, 4.69) is 0 Å². The van der Waals surface area contributed by atoms with Crippen LogP contribution in [0.25, 0.3) is 0 Å². The molecule has 0 bridgehead atoms. The van der Waals surface area contributed by atoms with Gasteiger partial charge in [0.2, 0.25) is 10.0 Å². The molecule has 0 saturated heterocycles. The van der Waals surface area contributed by atoms with E-state index < -0.39 is 10.0 Å². The number of sulfonamides is 1. The molecule has 0 fully saturated rings. The molecule has 0 aromatic heterocycles. The second-order valence-electron chi connectivity index (χ2n) is 4.21. The van der Waals surface area contributed by atoms with Crippen LogP contribution in [0.3, 0.4) is 0 Å². The summed E-state index contributed by atoms with van der Waals surface area (Å²) in [6.07, 6.45) is 0. The number of hydrogen-bond donors (Lipinski definition) is 0. The van der Waals surface area contributed by atoms with E-state index in [1.54, 1.807) is 25.3 Å². The molecule has 6 heteroatoms. The summed E-state index contributed by atoms with van der Waals surface area (Å²) in [7, 11) is -1.92. The number of nitrogens with zero attached hydrogens (tertiary/aromatic N) is 1. The summed E-state index contributed by atoms with van der Waals surface area (Å²) in [6.45, 7) is 4.86. The Bertz CT molecular complexity index is 517. The molecule has 1 aromatic rings. The van der Waals surface area contributed by atoms with Crippen LogP contribution in [0.1, 0.15) is 18.1 Å². The minimum absolute atomic E-state index is 0.284. The molecule has 19 heavy (non-hydrogen) atoms. The number of hydrogen-bond acceptors (Lipinski definition) is 3. The average molecular weight is 306 g/mol. The molecule has 0 aliphatic heterocycles. The van der Waals surface area contributed by atoms with Gasteiger partial charge in [-0.1, -0.05) is 13.0 Å². The molecule has 1 aromatic carbocycles. The van der Waals surface area contributed by atoms with Crippen LogP contribution in [-0.2, 0) is 20.6 Å². The van der Waals surface area contributed by atoms with Crippen LogP contribution < -0.4 is 0 Å². The number of rotatable bonds is 7. The number of ether oxygens (including phenoxy) is 1. The normalized spacial score (nSPS) is 12.1. The van der Waals surface area contributed by atoms with Crippen molar-refractivity contribution in [3.8, 4) is 0 Å². The van der Waals surface area contributed by atoms with E-state index in [4.69, 9.17) is 16.3 Å². The quantitative estimate of drug-likeness (QED) is 0.727. The lowest BCUT2D eigenvalue weighted by molar-refractivity contribution is 0.180. The number of benzene rings is 1. The van der Waals surface area contributed by atoms with Crippen LogP contribution in [0.4, 0.5) is 0 Å². The highest BCUT2D eigenvalue weighted by molar-refractivity contribution is 7.89. The molecule has 1 rings (SSSR count). The lowest BCUT2D eigenvalue weighted by Gasteiger charge is -2.20. The van der Waals surface area contributed by atoms with Gasteiger partial charge in [-0.25, -0.2) is 8.42 Å². The van der Waals surface area contributed by atoms with Crippen LogP contribution in [0.5, 0.6) is 0 Å². The topological polar surface area (TPSA) is 46.6 Å². The van der Waals surface area contributed by atoms with Crippen molar-refractivity contribution in [1.29, 1.82) is 0 Å². The van der Waals surface area contributed by atoms with Gasteiger partial charge in [-0.3, -0.25) is 0 Å². The first-order valence-corrected chi connectivity index (χ1v) is 8.09. The van der Waals surface area contributed by atoms with Crippen LogP contribution in [-0.4, -0.2) is 39.5 Å². The van der Waals surface area contributed by atoms with E-state index in [1.807, 2.05) is 13.8 Å². The number of aryl methyl sites for hydroxylation is 1. The van der Waals surface area contributed by atoms with Crippen molar-refractivity contribution in [2.24, 2.45) is 0 Å². The van der Waals surface area contributed by atoms with Crippen molar-refractivity contribution in [1.82, 2.24) is 4.31 Å². The minimum atomic E-state index is -3.48. The van der Waals surface area contributed by atoms with Gasteiger partial charge in [0.15, 0.2) is 0 Å². The molecule has 0 aliphatic carbocycles. The van der Waals surface area contributed by atoms with Crippen molar-refractivity contribution in [3.63, 3.8) is 0 Å². The van der Waals surface area contributed by atoms with Gasteiger partial charge in [-0.2, -0.15) is 4.31 Å². The summed E-state index contributed by atoms with van der Waals surface area (Å²) in [5, 5.41) is 0. The highest BCUT2D eigenvalue weighted by Crippen LogP contribution is 2.20. The zero-order valence-electron chi connectivity index (χ0n) is 11.5. The molecule has 0 N–H and O–H groups in total. The second-order valence-corrected chi connectivity index (χ2v) is 6.42. The standard InChI is InChI=1S/C13H20ClNO3S/c1-4-15(7-8-18-3)19(16,17)13-6-5-11(2)12(9-13)10-14/h5-6,9H,4,7-8,10H2,1-3H3. The first-order chi connectivity index (χ1) is 8.97. The molecule has 0 spiro atoms. The molecule has 4 nitrogen and oxygen atoms in total. The molecule has 0 heterocycles. The Kier molecular flexibility index (Phi) is 6.26. The van der Waals surface area contributed by atoms with E-state index in [9.17, 15) is 8.42 Å². The lowest BCUT2D eigenvalue weighted by Crippen LogP contribution is -2.33. The van der Waals surface area contributed by atoms with Crippen molar-refractivity contribution in [2.45, 2.75) is 24.6 Å². The monoisotopic (exact) mass is 305 g/mol. The average Bonchev–Trinajstić information content (AvgIpc) is 2.39. The summed E-state index contributed by atoms with van der Waals surface area (Å²) in [5.41, 5.74) is 1.83. The van der Waals surface area contributed by atoms with E-state index in [-0.39, 0.29) is 4.90 Å². The molecule has 0 unspecified atom stereocenters. The van der Waals surface area contributed by atoms with Gasteiger partial charge < -0.3 is 4.74 Å². The molecular weight excluding hydrogens is 286 g/mol. The number of methoxy groups -OCH3 is 1. The first-order valence-electron chi connectivity index (χ1n) is 6.12. The Balaban J connectivity index is 3.11. The largest absolute Gasteiger partial charge is 0.383 e. The number of halogens is 1. The van der Waals surface area contributed by atoms with Crippen LogP contribution in [0.15, 0.2) is 23.1 Å². The first kappa shape index (κ1) is 16.4. The highest BCUT2D eigenvalue weighted by Gasteiger charge is 2.23. The third-order valence-electron chi connectivity index (χ3n) is 3.00. The summed E-state index contributed by atoms with van der Waals surface area (Å²) in [5.74, 6) is 0.305. The van der Waals surface area contributed by atoms with Crippen LogP contribution in [0, 0.1) is 6.92 Å². The molecular formula is C13H20ClNO3S. The van der Waals surface area contributed by atoms with E-state index >= 15 is 0 Å². The highest BCUT2D eigenvalue weighted by atomic mass is 35.5. The van der Waals surface area contributed by atoms with Gasteiger partial charge in [0, 0.05) is 26.1 Å². The summed E-state index contributed by atoms with van der Waals surface area (Å²) in [6, 6.07) is 5.05. The smallest absolute Gasteiger partial charge is 0.243 e. The van der Waals surface area contributed by atoms with Gasteiger partial charge in [0.25, 0.3) is 0 Å². The van der Waals surface area contributed by atoms with Crippen LogP contribution in [0.2, 0.25) is 0 Å². The van der Waals surface area contributed by atoms with Crippen LogP contribution >= 0.6 is 11.6 Å². The van der Waals surface area contributed by atoms with E-state index in [1.165, 1.54) is 4.31 Å². The Morgan fingerprint density at radius 2 is 2.05 bits per heavy atom. The Morgan fingerprint density at radius 3 is 2.58 bits per heavy atom. The molecule has 108 valence electrons. The molecule has 0 atom stereocenters. The second kappa shape index (κ2) is 7.24. The van der Waals surface area contributed by atoms with Gasteiger partial charge in [0.05, 0.1) is 11.5 Å². The third-order valence-corrected chi connectivity index (χ3v) is 5.26. The SMILES string of the molecule is CCN(CCOC)S(=O)(=O)c1ccc(C)c(CCl)c1. The van der Waals surface area contributed by atoms with Crippen molar-refractivity contribution in [2.75, 3.05) is 26.8 Å². The molecule has 0 amide bonds. The van der Waals surface area contributed by atoms with Crippen molar-refractivity contribution < 1.29 is 13.2 Å². The zero-order valence-corrected chi connectivity index (χ0v) is 13.1. The fourth-order valence-corrected chi connectivity index (χ4v) is 3.51. The predicted molar refractivity (Wildman–Crippen MR) is 77.0 cm³/mol. The maximum atomic E-state index is 12.5. The summed E-state index contributed by atoms with van der Waals surface area (Å²) in [4.78, 5) is 0.284.